The first-order chi connectivity index (χ1) is 12.4. The van der Waals surface area contributed by atoms with Crippen LogP contribution in [0.15, 0.2) is 10.6 Å². The highest BCUT2D eigenvalue weighted by Gasteiger charge is 2.54. The van der Waals surface area contributed by atoms with Crippen molar-refractivity contribution in [2.75, 3.05) is 26.2 Å². The maximum Gasteiger partial charge on any atom is 0.276 e. The summed E-state index contributed by atoms with van der Waals surface area (Å²) in [4.78, 5) is 32.9. The van der Waals surface area contributed by atoms with E-state index in [9.17, 15) is 9.59 Å². The van der Waals surface area contributed by atoms with Crippen LogP contribution in [0.4, 0.5) is 0 Å². The number of nitrogens with zero attached hydrogens (tertiary/aromatic N) is 5. The van der Waals surface area contributed by atoms with Gasteiger partial charge in [-0.1, -0.05) is 5.16 Å². The molecule has 2 aromatic rings. The number of piperidine rings is 1. The van der Waals surface area contributed by atoms with Gasteiger partial charge in [0, 0.05) is 45.1 Å². The third-order valence-corrected chi connectivity index (χ3v) is 5.59. The van der Waals surface area contributed by atoms with Gasteiger partial charge in [-0.05, 0) is 20.3 Å². The summed E-state index contributed by atoms with van der Waals surface area (Å²) in [5, 5.41) is 11.1. The Morgan fingerprint density at radius 1 is 1.31 bits per heavy atom. The van der Waals surface area contributed by atoms with Gasteiger partial charge in [0.25, 0.3) is 5.91 Å². The summed E-state index contributed by atoms with van der Waals surface area (Å²) in [6.07, 6.45) is 0.710. The minimum atomic E-state index is -0.313. The fourth-order valence-corrected chi connectivity index (χ4v) is 4.17. The molecule has 2 aliphatic rings. The number of amides is 2. The quantitative estimate of drug-likeness (QED) is 0.845. The lowest BCUT2D eigenvalue weighted by molar-refractivity contribution is -0.128. The topological polar surface area (TPSA) is 108 Å². The van der Waals surface area contributed by atoms with Crippen LogP contribution in [-0.4, -0.2) is 68.1 Å². The molecule has 138 valence electrons. The maximum absolute atomic E-state index is 12.7. The zero-order valence-electron chi connectivity index (χ0n) is 15.2. The van der Waals surface area contributed by atoms with Crippen LogP contribution in [0.25, 0.3) is 0 Å². The average Bonchev–Trinajstić information content (AvgIpc) is 3.31. The molecule has 2 saturated heterocycles. The number of aryl methyl sites for hydroxylation is 2. The SMILES string of the molecule is CC(=O)N1C[C@H]2CN(C(=O)c3cc(C)on3)CC[C@@]2(c2n[nH]c(C)n2)C1. The van der Waals surface area contributed by atoms with Crippen molar-refractivity contribution in [3.8, 4) is 0 Å². The van der Waals surface area contributed by atoms with E-state index in [2.05, 4.69) is 20.3 Å². The number of fused-ring (bicyclic) bond motifs is 1. The van der Waals surface area contributed by atoms with Crippen LogP contribution in [0.2, 0.25) is 0 Å². The van der Waals surface area contributed by atoms with Gasteiger partial charge in [0.1, 0.15) is 11.6 Å². The molecule has 1 N–H and O–H groups in total. The number of aromatic nitrogens is 4. The highest BCUT2D eigenvalue weighted by atomic mass is 16.5. The average molecular weight is 358 g/mol. The number of likely N-dealkylation sites (tertiary alicyclic amines) is 2. The van der Waals surface area contributed by atoms with E-state index in [0.29, 0.717) is 44.1 Å². The molecule has 0 bridgehead atoms. The number of aromatic amines is 1. The summed E-state index contributed by atoms with van der Waals surface area (Å²) >= 11 is 0. The van der Waals surface area contributed by atoms with Gasteiger partial charge in [0.05, 0.1) is 5.41 Å². The molecule has 2 amide bonds. The fraction of sp³-hybridized carbons (Fsp3) is 0.588. The highest BCUT2D eigenvalue weighted by molar-refractivity contribution is 5.92. The Morgan fingerprint density at radius 2 is 2.08 bits per heavy atom. The molecule has 0 spiro atoms. The molecule has 9 nitrogen and oxygen atoms in total. The van der Waals surface area contributed by atoms with Crippen molar-refractivity contribution in [3.63, 3.8) is 0 Å². The lowest BCUT2D eigenvalue weighted by atomic mass is 9.72. The standard InChI is InChI=1S/C17H22N6O3/c1-10-6-14(21-26-10)15(25)22-5-4-17(16-18-11(2)19-20-16)9-23(12(3)24)8-13(17)7-22/h6,13H,4-5,7-9H2,1-3H3,(H,18,19,20)/t13-,17-/m1/s1. The Bertz CT molecular complexity index is 858. The lowest BCUT2D eigenvalue weighted by Gasteiger charge is -2.41. The normalized spacial score (nSPS) is 25.4. The summed E-state index contributed by atoms with van der Waals surface area (Å²) in [6, 6.07) is 1.65. The van der Waals surface area contributed by atoms with Gasteiger partial charge in [-0.2, -0.15) is 5.10 Å². The zero-order chi connectivity index (χ0) is 18.5. The number of carbonyl (C=O) groups excluding carboxylic acids is 2. The summed E-state index contributed by atoms with van der Waals surface area (Å²) in [6.45, 7) is 7.52. The molecule has 26 heavy (non-hydrogen) atoms. The van der Waals surface area contributed by atoms with Crippen molar-refractivity contribution >= 4 is 11.8 Å². The first-order valence-electron chi connectivity index (χ1n) is 8.76. The number of rotatable bonds is 2. The summed E-state index contributed by atoms with van der Waals surface area (Å²) in [7, 11) is 0. The van der Waals surface area contributed by atoms with Crippen molar-refractivity contribution in [1.29, 1.82) is 0 Å². The van der Waals surface area contributed by atoms with Gasteiger partial charge in [0.15, 0.2) is 11.5 Å². The summed E-state index contributed by atoms with van der Waals surface area (Å²) in [5.74, 6) is 2.10. The van der Waals surface area contributed by atoms with Crippen molar-refractivity contribution in [2.45, 2.75) is 32.6 Å². The Labute approximate surface area is 150 Å². The number of nitrogens with one attached hydrogen (secondary N) is 1. The molecule has 2 aliphatic heterocycles. The largest absolute Gasteiger partial charge is 0.361 e. The second kappa shape index (κ2) is 5.93. The molecule has 0 aromatic carbocycles. The number of carbonyl (C=O) groups is 2. The zero-order valence-corrected chi connectivity index (χ0v) is 15.2. The third-order valence-electron chi connectivity index (χ3n) is 5.59. The molecule has 4 rings (SSSR count). The van der Waals surface area contributed by atoms with E-state index in [1.165, 1.54) is 0 Å². The molecule has 0 radical (unpaired) electrons. The van der Waals surface area contributed by atoms with E-state index in [-0.39, 0.29) is 23.1 Å². The molecular weight excluding hydrogens is 336 g/mol. The Balaban J connectivity index is 1.62. The number of hydrogen-bond acceptors (Lipinski definition) is 6. The molecule has 0 unspecified atom stereocenters. The van der Waals surface area contributed by atoms with E-state index in [4.69, 9.17) is 4.52 Å². The second-order valence-corrected chi connectivity index (χ2v) is 7.32. The molecule has 2 fully saturated rings. The van der Waals surface area contributed by atoms with Gasteiger partial charge >= 0.3 is 0 Å². The summed E-state index contributed by atoms with van der Waals surface area (Å²) in [5.41, 5.74) is 0.0117. The molecule has 4 heterocycles. The first kappa shape index (κ1) is 16.7. The monoisotopic (exact) mass is 358 g/mol. The molecule has 9 heteroatoms. The molecule has 0 saturated carbocycles. The van der Waals surface area contributed by atoms with Crippen LogP contribution < -0.4 is 0 Å². The van der Waals surface area contributed by atoms with Crippen LogP contribution >= 0.6 is 0 Å². The van der Waals surface area contributed by atoms with E-state index >= 15 is 0 Å². The van der Waals surface area contributed by atoms with E-state index in [1.54, 1.807) is 24.8 Å². The minimum Gasteiger partial charge on any atom is -0.361 e. The van der Waals surface area contributed by atoms with Crippen LogP contribution in [0.1, 0.15) is 41.2 Å². The van der Waals surface area contributed by atoms with Crippen LogP contribution in [0.5, 0.6) is 0 Å². The number of hydrogen-bond donors (Lipinski definition) is 1. The van der Waals surface area contributed by atoms with Gasteiger partial charge in [-0.3, -0.25) is 14.7 Å². The van der Waals surface area contributed by atoms with Crippen molar-refractivity contribution in [3.05, 3.63) is 29.2 Å². The van der Waals surface area contributed by atoms with Crippen molar-refractivity contribution < 1.29 is 14.1 Å². The van der Waals surface area contributed by atoms with E-state index in [1.807, 2.05) is 11.8 Å². The van der Waals surface area contributed by atoms with Gasteiger partial charge in [-0.25, -0.2) is 4.98 Å². The van der Waals surface area contributed by atoms with Crippen molar-refractivity contribution in [2.24, 2.45) is 5.92 Å². The van der Waals surface area contributed by atoms with Gasteiger partial charge < -0.3 is 14.3 Å². The first-order valence-corrected chi connectivity index (χ1v) is 8.76. The molecule has 0 aliphatic carbocycles. The van der Waals surface area contributed by atoms with Crippen LogP contribution in [-0.2, 0) is 10.2 Å². The molecule has 2 aromatic heterocycles. The van der Waals surface area contributed by atoms with Crippen LogP contribution in [0.3, 0.4) is 0 Å². The smallest absolute Gasteiger partial charge is 0.276 e. The van der Waals surface area contributed by atoms with Gasteiger partial charge in [0.2, 0.25) is 5.91 Å². The predicted molar refractivity (Wildman–Crippen MR) is 90.3 cm³/mol. The highest BCUT2D eigenvalue weighted by Crippen LogP contribution is 2.44. The second-order valence-electron chi connectivity index (χ2n) is 7.32. The maximum atomic E-state index is 12.7. The van der Waals surface area contributed by atoms with Crippen LogP contribution in [0, 0.1) is 19.8 Å². The Hall–Kier alpha value is -2.71. The molecule has 2 atom stereocenters. The fourth-order valence-electron chi connectivity index (χ4n) is 4.17. The predicted octanol–water partition coefficient (Wildman–Crippen LogP) is 0.672. The Morgan fingerprint density at radius 3 is 2.69 bits per heavy atom. The lowest BCUT2D eigenvalue weighted by Crippen LogP contribution is -2.52. The van der Waals surface area contributed by atoms with E-state index < -0.39 is 0 Å². The summed E-state index contributed by atoms with van der Waals surface area (Å²) < 4.78 is 5.03. The number of H-pyrrole nitrogens is 1. The Kier molecular flexibility index (Phi) is 3.82. The molecular formula is C17H22N6O3. The van der Waals surface area contributed by atoms with E-state index in [0.717, 1.165) is 11.6 Å². The third kappa shape index (κ3) is 2.58. The van der Waals surface area contributed by atoms with Gasteiger partial charge in [-0.15, -0.1) is 0 Å². The minimum absolute atomic E-state index is 0.0380. The van der Waals surface area contributed by atoms with Crippen molar-refractivity contribution in [1.82, 2.24) is 30.1 Å².